The smallest absolute Gasteiger partial charge is 0.332 e. The molecule has 1 aliphatic carbocycles. The van der Waals surface area contributed by atoms with Crippen LogP contribution in [-0.2, 0) is 9.53 Å². The third kappa shape index (κ3) is 3.93. The SMILES string of the molecule is O=C(O)C1CCC(CNCC2CCCC(O)C2)O1. The summed E-state index contributed by atoms with van der Waals surface area (Å²) in [7, 11) is 0. The number of carboxylic acid groups (broad SMARTS) is 1. The van der Waals surface area contributed by atoms with Crippen molar-refractivity contribution in [3.63, 3.8) is 0 Å². The van der Waals surface area contributed by atoms with E-state index < -0.39 is 12.1 Å². The first-order chi connectivity index (χ1) is 8.65. The molecule has 0 amide bonds. The van der Waals surface area contributed by atoms with E-state index in [4.69, 9.17) is 9.84 Å². The van der Waals surface area contributed by atoms with E-state index in [9.17, 15) is 9.90 Å². The summed E-state index contributed by atoms with van der Waals surface area (Å²) in [5.74, 6) is -0.307. The monoisotopic (exact) mass is 257 g/mol. The lowest BCUT2D eigenvalue weighted by molar-refractivity contribution is -0.149. The average Bonchev–Trinajstić information content (AvgIpc) is 2.78. The molecule has 1 aliphatic heterocycles. The maximum atomic E-state index is 10.7. The summed E-state index contributed by atoms with van der Waals surface area (Å²) in [6, 6.07) is 0. The second kappa shape index (κ2) is 6.50. The Morgan fingerprint density at radius 1 is 1.22 bits per heavy atom. The van der Waals surface area contributed by atoms with Crippen LogP contribution in [0.3, 0.4) is 0 Å². The number of aliphatic carboxylic acids is 1. The van der Waals surface area contributed by atoms with Crippen LogP contribution in [0.1, 0.15) is 38.5 Å². The molecule has 18 heavy (non-hydrogen) atoms. The minimum absolute atomic E-state index is 0.0274. The first kappa shape index (κ1) is 13.8. The zero-order chi connectivity index (χ0) is 13.0. The minimum atomic E-state index is -0.854. The fourth-order valence-corrected chi connectivity index (χ4v) is 2.93. The van der Waals surface area contributed by atoms with Crippen LogP contribution in [0.2, 0.25) is 0 Å². The van der Waals surface area contributed by atoms with Crippen LogP contribution in [-0.4, -0.2) is 47.6 Å². The first-order valence-electron chi connectivity index (χ1n) is 6.92. The number of aliphatic hydroxyl groups excluding tert-OH is 1. The molecule has 0 aromatic carbocycles. The zero-order valence-corrected chi connectivity index (χ0v) is 10.7. The molecule has 1 heterocycles. The lowest BCUT2D eigenvalue weighted by atomic mass is 9.87. The van der Waals surface area contributed by atoms with Gasteiger partial charge < -0.3 is 20.3 Å². The third-order valence-corrected chi connectivity index (χ3v) is 3.94. The summed E-state index contributed by atoms with van der Waals surface area (Å²) in [6.45, 7) is 1.62. The van der Waals surface area contributed by atoms with Crippen molar-refractivity contribution in [2.75, 3.05) is 13.1 Å². The number of carboxylic acids is 1. The van der Waals surface area contributed by atoms with Crippen molar-refractivity contribution in [3.8, 4) is 0 Å². The fourth-order valence-electron chi connectivity index (χ4n) is 2.93. The topological polar surface area (TPSA) is 78.8 Å². The Labute approximate surface area is 108 Å². The van der Waals surface area contributed by atoms with Gasteiger partial charge in [-0.05, 0) is 44.6 Å². The number of hydrogen-bond donors (Lipinski definition) is 3. The summed E-state index contributed by atoms with van der Waals surface area (Å²) in [6.07, 6.45) is 4.81. The normalized spacial score (nSPS) is 36.7. The number of aliphatic hydroxyl groups is 1. The van der Waals surface area contributed by atoms with Gasteiger partial charge in [0.2, 0.25) is 0 Å². The van der Waals surface area contributed by atoms with Crippen LogP contribution < -0.4 is 5.32 Å². The molecule has 3 N–H and O–H groups in total. The van der Waals surface area contributed by atoms with Crippen LogP contribution in [0, 0.1) is 5.92 Å². The molecule has 104 valence electrons. The lowest BCUT2D eigenvalue weighted by Crippen LogP contribution is -2.34. The number of nitrogens with one attached hydrogen (secondary N) is 1. The lowest BCUT2D eigenvalue weighted by Gasteiger charge is -2.26. The van der Waals surface area contributed by atoms with Gasteiger partial charge in [0.15, 0.2) is 6.10 Å². The maximum absolute atomic E-state index is 10.7. The van der Waals surface area contributed by atoms with Crippen LogP contribution in [0.25, 0.3) is 0 Å². The molecule has 2 fully saturated rings. The minimum Gasteiger partial charge on any atom is -0.479 e. The van der Waals surface area contributed by atoms with E-state index in [1.807, 2.05) is 0 Å². The van der Waals surface area contributed by atoms with Gasteiger partial charge in [-0.15, -0.1) is 0 Å². The van der Waals surface area contributed by atoms with Crippen molar-refractivity contribution in [1.29, 1.82) is 0 Å². The highest BCUT2D eigenvalue weighted by atomic mass is 16.5. The van der Waals surface area contributed by atoms with Gasteiger partial charge in [-0.1, -0.05) is 6.42 Å². The van der Waals surface area contributed by atoms with Gasteiger partial charge in [0, 0.05) is 6.54 Å². The van der Waals surface area contributed by atoms with Crippen LogP contribution in [0.15, 0.2) is 0 Å². The Morgan fingerprint density at radius 3 is 2.72 bits per heavy atom. The van der Waals surface area contributed by atoms with Crippen LogP contribution in [0.4, 0.5) is 0 Å². The van der Waals surface area contributed by atoms with Crippen molar-refractivity contribution in [3.05, 3.63) is 0 Å². The number of carbonyl (C=O) groups is 1. The number of rotatable bonds is 5. The third-order valence-electron chi connectivity index (χ3n) is 3.94. The van der Waals surface area contributed by atoms with Gasteiger partial charge in [-0.2, -0.15) is 0 Å². The number of ether oxygens (including phenoxy) is 1. The van der Waals surface area contributed by atoms with E-state index in [0.717, 1.165) is 38.8 Å². The molecule has 4 unspecified atom stereocenters. The molecule has 2 rings (SSSR count). The Balaban J connectivity index is 1.60. The van der Waals surface area contributed by atoms with Crippen LogP contribution in [0.5, 0.6) is 0 Å². The highest BCUT2D eigenvalue weighted by Gasteiger charge is 2.30. The molecule has 0 aromatic rings. The second-order valence-corrected chi connectivity index (χ2v) is 5.51. The molecule has 4 atom stereocenters. The van der Waals surface area contributed by atoms with Gasteiger partial charge >= 0.3 is 5.97 Å². The quantitative estimate of drug-likeness (QED) is 0.677. The Hall–Kier alpha value is -0.650. The molecule has 2 aliphatic rings. The molecule has 0 radical (unpaired) electrons. The fraction of sp³-hybridized carbons (Fsp3) is 0.923. The molecule has 5 heteroatoms. The molecule has 1 saturated carbocycles. The second-order valence-electron chi connectivity index (χ2n) is 5.51. The Kier molecular flexibility index (Phi) is 4.97. The van der Waals surface area contributed by atoms with Gasteiger partial charge in [-0.25, -0.2) is 4.79 Å². The summed E-state index contributed by atoms with van der Waals surface area (Å²) in [4.78, 5) is 10.7. The molecular formula is C13H23NO4. The summed E-state index contributed by atoms with van der Waals surface area (Å²) < 4.78 is 5.42. The molecule has 0 aromatic heterocycles. The summed E-state index contributed by atoms with van der Waals surface area (Å²) in [5.41, 5.74) is 0. The first-order valence-corrected chi connectivity index (χ1v) is 6.92. The van der Waals surface area contributed by atoms with E-state index >= 15 is 0 Å². The van der Waals surface area contributed by atoms with Crippen molar-refractivity contribution in [2.45, 2.75) is 56.8 Å². The predicted octanol–water partition coefficient (Wildman–Crippen LogP) is 0.759. The zero-order valence-electron chi connectivity index (χ0n) is 10.7. The summed E-state index contributed by atoms with van der Waals surface area (Å²) >= 11 is 0. The largest absolute Gasteiger partial charge is 0.479 e. The van der Waals surface area contributed by atoms with Crippen LogP contribution >= 0.6 is 0 Å². The molecule has 0 spiro atoms. The highest BCUT2D eigenvalue weighted by molar-refractivity contribution is 5.72. The van der Waals surface area contributed by atoms with E-state index in [2.05, 4.69) is 5.32 Å². The average molecular weight is 257 g/mol. The molecule has 5 nitrogen and oxygen atoms in total. The highest BCUT2D eigenvalue weighted by Crippen LogP contribution is 2.24. The van der Waals surface area contributed by atoms with Crippen molar-refractivity contribution in [1.82, 2.24) is 5.32 Å². The van der Waals surface area contributed by atoms with Crippen molar-refractivity contribution >= 4 is 5.97 Å². The van der Waals surface area contributed by atoms with Gasteiger partial charge in [-0.3, -0.25) is 0 Å². The summed E-state index contributed by atoms with van der Waals surface area (Å²) in [5, 5.41) is 21.7. The molecule has 0 bridgehead atoms. The van der Waals surface area contributed by atoms with Gasteiger partial charge in [0.25, 0.3) is 0 Å². The van der Waals surface area contributed by atoms with E-state index in [1.165, 1.54) is 6.42 Å². The maximum Gasteiger partial charge on any atom is 0.332 e. The van der Waals surface area contributed by atoms with Crippen molar-refractivity contribution < 1.29 is 19.7 Å². The van der Waals surface area contributed by atoms with Crippen molar-refractivity contribution in [2.24, 2.45) is 5.92 Å². The Bertz CT molecular complexity index is 284. The van der Waals surface area contributed by atoms with E-state index in [-0.39, 0.29) is 12.2 Å². The van der Waals surface area contributed by atoms with E-state index in [1.54, 1.807) is 0 Å². The number of hydrogen-bond acceptors (Lipinski definition) is 4. The Morgan fingerprint density at radius 2 is 2.06 bits per heavy atom. The molecular weight excluding hydrogens is 234 g/mol. The van der Waals surface area contributed by atoms with Gasteiger partial charge in [0.05, 0.1) is 12.2 Å². The molecule has 1 saturated heterocycles. The predicted molar refractivity (Wildman–Crippen MR) is 66.4 cm³/mol. The van der Waals surface area contributed by atoms with Gasteiger partial charge in [0.1, 0.15) is 0 Å². The standard InChI is InChI=1S/C13H23NO4/c15-10-3-1-2-9(6-10)7-14-8-11-4-5-12(18-11)13(16)17/h9-12,14-15H,1-8H2,(H,16,17). The van der Waals surface area contributed by atoms with E-state index in [0.29, 0.717) is 12.3 Å².